The average Bonchev–Trinajstić information content (AvgIpc) is 3.49. The molecule has 3 aromatic heterocycles. The van der Waals surface area contributed by atoms with Crippen LogP contribution in [0.2, 0.25) is 0 Å². The monoisotopic (exact) mass is 679 g/mol. The third-order valence-corrected chi connectivity index (χ3v) is 9.21. The van der Waals surface area contributed by atoms with Crippen LogP contribution in [0.5, 0.6) is 0 Å². The molecule has 3 heterocycles. The number of pyridine rings is 1. The van der Waals surface area contributed by atoms with Crippen LogP contribution in [0.25, 0.3) is 83.7 Å². The van der Waals surface area contributed by atoms with Crippen LogP contribution in [0.1, 0.15) is 0 Å². The van der Waals surface area contributed by atoms with Crippen LogP contribution >= 0.6 is 15.9 Å². The zero-order valence-corrected chi connectivity index (χ0v) is 27.2. The van der Waals surface area contributed by atoms with Crippen molar-refractivity contribution in [2.24, 2.45) is 0 Å². The van der Waals surface area contributed by atoms with E-state index in [-0.39, 0.29) is 0 Å². The Kier molecular flexibility index (Phi) is 6.87. The predicted molar refractivity (Wildman–Crippen MR) is 199 cm³/mol. The number of para-hydroxylation sites is 3. The first-order chi connectivity index (χ1) is 23.7. The van der Waals surface area contributed by atoms with Gasteiger partial charge in [-0.05, 0) is 53.1 Å². The normalized spacial score (nSPS) is 11.4. The second-order valence-electron chi connectivity index (χ2n) is 11.7. The molecule has 0 radical (unpaired) electrons. The standard InChI is InChI=1S/C42H26BrN5/c43-33-25-31(34-16-8-12-29-13-9-23-44-39(29)34)24-32(26-33)41-45-40(30-21-19-28(20-22-30)27-10-2-1-3-11-27)46-42(47-41)48-37-17-6-4-14-35(37)36-15-5-7-18-38(36)48/h1-26H. The smallest absolute Gasteiger partial charge is 0.238 e. The molecule has 0 unspecified atom stereocenters. The molecule has 9 rings (SSSR count). The Hall–Kier alpha value is -5.98. The summed E-state index contributed by atoms with van der Waals surface area (Å²) < 4.78 is 3.07. The molecule has 0 aliphatic carbocycles. The number of aromatic nitrogens is 5. The van der Waals surface area contributed by atoms with Crippen molar-refractivity contribution in [2.45, 2.75) is 0 Å². The van der Waals surface area contributed by atoms with Gasteiger partial charge in [-0.15, -0.1) is 0 Å². The number of rotatable bonds is 5. The van der Waals surface area contributed by atoms with Crippen molar-refractivity contribution in [1.29, 1.82) is 0 Å². The fourth-order valence-electron chi connectivity index (χ4n) is 6.51. The van der Waals surface area contributed by atoms with Gasteiger partial charge in [0.15, 0.2) is 11.6 Å². The van der Waals surface area contributed by atoms with E-state index in [9.17, 15) is 0 Å². The highest BCUT2D eigenvalue weighted by Gasteiger charge is 2.18. The van der Waals surface area contributed by atoms with Crippen molar-refractivity contribution >= 4 is 48.6 Å². The quantitative estimate of drug-likeness (QED) is 0.182. The molecule has 0 fully saturated rings. The van der Waals surface area contributed by atoms with Crippen molar-refractivity contribution in [3.63, 3.8) is 0 Å². The summed E-state index contributed by atoms with van der Waals surface area (Å²) in [6, 6.07) is 52.3. The van der Waals surface area contributed by atoms with Crippen LogP contribution in [-0.2, 0) is 0 Å². The van der Waals surface area contributed by atoms with Gasteiger partial charge in [0, 0.05) is 43.5 Å². The highest BCUT2D eigenvalue weighted by atomic mass is 79.9. The summed E-state index contributed by atoms with van der Waals surface area (Å²) in [5, 5.41) is 3.39. The predicted octanol–water partition coefficient (Wildman–Crippen LogP) is 10.9. The zero-order chi connectivity index (χ0) is 32.0. The minimum absolute atomic E-state index is 0.563. The Balaban J connectivity index is 1.27. The Morgan fingerprint density at radius 1 is 0.458 bits per heavy atom. The van der Waals surface area contributed by atoms with E-state index in [1.165, 1.54) is 0 Å². The summed E-state index contributed by atoms with van der Waals surface area (Å²) in [6.45, 7) is 0. The van der Waals surface area contributed by atoms with Crippen LogP contribution in [0, 0.1) is 0 Å². The van der Waals surface area contributed by atoms with E-state index in [4.69, 9.17) is 19.9 Å². The molecular formula is C42H26BrN5. The van der Waals surface area contributed by atoms with Gasteiger partial charge in [-0.3, -0.25) is 9.55 Å². The molecule has 0 N–H and O–H groups in total. The molecular weight excluding hydrogens is 654 g/mol. The molecule has 0 aliphatic rings. The summed E-state index contributed by atoms with van der Waals surface area (Å²) in [5.74, 6) is 1.75. The molecule has 0 saturated heterocycles. The van der Waals surface area contributed by atoms with Gasteiger partial charge >= 0.3 is 0 Å². The number of hydrogen-bond donors (Lipinski definition) is 0. The second-order valence-corrected chi connectivity index (χ2v) is 12.6. The van der Waals surface area contributed by atoms with E-state index in [1.54, 1.807) is 0 Å². The fraction of sp³-hybridized carbons (Fsp3) is 0. The Bertz CT molecular complexity index is 2570. The molecule has 5 nitrogen and oxygen atoms in total. The van der Waals surface area contributed by atoms with Crippen LogP contribution in [0.3, 0.4) is 0 Å². The van der Waals surface area contributed by atoms with Gasteiger partial charge in [0.1, 0.15) is 0 Å². The van der Waals surface area contributed by atoms with E-state index in [0.717, 1.165) is 70.6 Å². The molecule has 0 aliphatic heterocycles. The molecule has 0 spiro atoms. The maximum absolute atomic E-state index is 5.18. The van der Waals surface area contributed by atoms with E-state index in [1.807, 2.05) is 18.3 Å². The largest absolute Gasteiger partial charge is 0.278 e. The van der Waals surface area contributed by atoms with E-state index >= 15 is 0 Å². The second kappa shape index (κ2) is 11.7. The SMILES string of the molecule is Brc1cc(-c2nc(-c3ccc(-c4ccccc4)cc3)nc(-n3c4ccccc4c4ccccc43)n2)cc(-c2cccc3cccnc23)c1. The highest BCUT2D eigenvalue weighted by molar-refractivity contribution is 9.10. The maximum atomic E-state index is 5.18. The topological polar surface area (TPSA) is 56.5 Å². The van der Waals surface area contributed by atoms with Crippen molar-refractivity contribution in [2.75, 3.05) is 0 Å². The Morgan fingerprint density at radius 3 is 1.81 bits per heavy atom. The van der Waals surface area contributed by atoms with Crippen molar-refractivity contribution in [3.05, 3.63) is 162 Å². The summed E-state index contributed by atoms with van der Waals surface area (Å²) in [4.78, 5) is 20.1. The molecule has 0 amide bonds. The fourth-order valence-corrected chi connectivity index (χ4v) is 7.01. The van der Waals surface area contributed by atoms with Gasteiger partial charge in [-0.25, -0.2) is 4.98 Å². The number of nitrogens with zero attached hydrogens (tertiary/aromatic N) is 5. The summed E-state index contributed by atoms with van der Waals surface area (Å²) in [7, 11) is 0. The van der Waals surface area contributed by atoms with Crippen molar-refractivity contribution in [1.82, 2.24) is 24.5 Å². The Morgan fingerprint density at radius 2 is 1.06 bits per heavy atom. The van der Waals surface area contributed by atoms with Gasteiger partial charge in [0.25, 0.3) is 0 Å². The first kappa shape index (κ1) is 28.3. The first-order valence-corrected chi connectivity index (χ1v) is 16.5. The van der Waals surface area contributed by atoms with Crippen molar-refractivity contribution in [3.8, 4) is 51.0 Å². The molecule has 0 atom stereocenters. The molecule has 9 aromatic rings. The Labute approximate surface area is 285 Å². The van der Waals surface area contributed by atoms with Crippen LogP contribution in [0.4, 0.5) is 0 Å². The number of hydrogen-bond acceptors (Lipinski definition) is 4. The van der Waals surface area contributed by atoms with E-state index in [0.29, 0.717) is 17.6 Å². The van der Waals surface area contributed by atoms with Crippen molar-refractivity contribution < 1.29 is 0 Å². The number of benzene rings is 6. The van der Waals surface area contributed by atoms with Gasteiger partial charge < -0.3 is 0 Å². The molecule has 6 heteroatoms. The maximum Gasteiger partial charge on any atom is 0.238 e. The lowest BCUT2D eigenvalue weighted by molar-refractivity contribution is 0.953. The van der Waals surface area contributed by atoms with Crippen LogP contribution in [0.15, 0.2) is 162 Å². The third-order valence-electron chi connectivity index (χ3n) is 8.75. The molecule has 6 aromatic carbocycles. The zero-order valence-electron chi connectivity index (χ0n) is 25.6. The highest BCUT2D eigenvalue weighted by Crippen LogP contribution is 2.35. The molecule has 48 heavy (non-hydrogen) atoms. The summed E-state index contributed by atoms with van der Waals surface area (Å²) in [5.41, 5.74) is 9.18. The summed E-state index contributed by atoms with van der Waals surface area (Å²) >= 11 is 3.79. The molecule has 0 bridgehead atoms. The van der Waals surface area contributed by atoms with Gasteiger partial charge in [-0.2, -0.15) is 9.97 Å². The average molecular weight is 681 g/mol. The van der Waals surface area contributed by atoms with Gasteiger partial charge in [-0.1, -0.05) is 131 Å². The number of fused-ring (bicyclic) bond motifs is 4. The summed E-state index contributed by atoms with van der Waals surface area (Å²) in [6.07, 6.45) is 1.84. The molecule has 0 saturated carbocycles. The van der Waals surface area contributed by atoms with Crippen LogP contribution < -0.4 is 0 Å². The van der Waals surface area contributed by atoms with Gasteiger partial charge in [0.05, 0.1) is 16.6 Å². The van der Waals surface area contributed by atoms with E-state index in [2.05, 4.69) is 160 Å². The minimum Gasteiger partial charge on any atom is -0.278 e. The lowest BCUT2D eigenvalue weighted by atomic mass is 10.00. The molecule has 226 valence electrons. The lowest BCUT2D eigenvalue weighted by Gasteiger charge is -2.13. The lowest BCUT2D eigenvalue weighted by Crippen LogP contribution is -2.06. The first-order valence-electron chi connectivity index (χ1n) is 15.8. The minimum atomic E-state index is 0.563. The third kappa shape index (κ3) is 4.94. The van der Waals surface area contributed by atoms with Crippen LogP contribution in [-0.4, -0.2) is 24.5 Å². The van der Waals surface area contributed by atoms with E-state index < -0.39 is 0 Å². The van der Waals surface area contributed by atoms with Gasteiger partial charge in [0.2, 0.25) is 5.95 Å². The number of halogens is 1.